The van der Waals surface area contributed by atoms with Crippen LogP contribution in [-0.4, -0.2) is 84.0 Å². The Morgan fingerprint density at radius 3 is 2.25 bits per heavy atom. The Morgan fingerprint density at radius 2 is 1.62 bits per heavy atom. The molecule has 1 saturated carbocycles. The maximum atomic E-state index is 14.1. The first-order valence-corrected chi connectivity index (χ1v) is 19.5. The van der Waals surface area contributed by atoms with Crippen molar-refractivity contribution in [1.29, 1.82) is 0 Å². The van der Waals surface area contributed by atoms with Gasteiger partial charge in [-0.25, -0.2) is 18.4 Å². The fourth-order valence-corrected chi connectivity index (χ4v) is 7.46. The van der Waals surface area contributed by atoms with Crippen molar-refractivity contribution >= 4 is 35.5 Å². The molecule has 5 N–H and O–H groups in total. The number of likely N-dealkylation sites (tertiary alicyclic amines) is 1. The molecule has 4 amide bonds. The predicted molar refractivity (Wildman–Crippen MR) is 204 cm³/mol. The van der Waals surface area contributed by atoms with Crippen LogP contribution in [0.4, 0.5) is 19.3 Å². The van der Waals surface area contributed by atoms with Crippen molar-refractivity contribution in [3.8, 4) is 0 Å². The molecule has 5 atom stereocenters. The quantitative estimate of drug-likeness (QED) is 0.125. The van der Waals surface area contributed by atoms with Crippen LogP contribution in [0.5, 0.6) is 0 Å². The second kappa shape index (κ2) is 20.8. The molecule has 1 aliphatic carbocycles. The number of carboxylic acid groups (broad SMARTS) is 1. The van der Waals surface area contributed by atoms with Gasteiger partial charge in [0, 0.05) is 25.2 Å². The van der Waals surface area contributed by atoms with Crippen LogP contribution in [0.15, 0.2) is 54.6 Å². The normalized spacial score (nSPS) is 19.1. The van der Waals surface area contributed by atoms with Crippen molar-refractivity contribution in [2.45, 2.75) is 110 Å². The van der Waals surface area contributed by atoms with Gasteiger partial charge in [0.05, 0.1) is 6.61 Å². The van der Waals surface area contributed by atoms with E-state index in [9.17, 15) is 37.9 Å². The smallest absolute Gasteiger partial charge is 0.407 e. The number of amides is 4. The first-order valence-electron chi connectivity index (χ1n) is 19.5. The Balaban J connectivity index is 1.43. The minimum Gasteiger partial charge on any atom is -0.479 e. The molecule has 1 heterocycles. The number of hydrogen-bond donors (Lipinski definition) is 5. The van der Waals surface area contributed by atoms with Gasteiger partial charge in [-0.3, -0.25) is 14.4 Å². The lowest BCUT2D eigenvalue weighted by molar-refractivity contribution is -0.141. The van der Waals surface area contributed by atoms with Crippen LogP contribution in [0.25, 0.3) is 0 Å². The van der Waals surface area contributed by atoms with E-state index in [4.69, 9.17) is 4.74 Å². The molecule has 0 spiro atoms. The third kappa shape index (κ3) is 12.9. The van der Waals surface area contributed by atoms with Crippen molar-refractivity contribution in [1.82, 2.24) is 20.9 Å². The number of carboxylic acids is 1. The van der Waals surface area contributed by atoms with E-state index in [1.54, 1.807) is 68.4 Å². The zero-order chi connectivity index (χ0) is 40.1. The predicted octanol–water partition coefficient (Wildman–Crippen LogP) is 5.93. The number of alkyl halides is 2. The van der Waals surface area contributed by atoms with E-state index in [1.165, 1.54) is 4.90 Å². The summed E-state index contributed by atoms with van der Waals surface area (Å²) in [5, 5.41) is 20.7. The summed E-state index contributed by atoms with van der Waals surface area (Å²) in [5.74, 6) is -2.93. The summed E-state index contributed by atoms with van der Waals surface area (Å²) in [7, 11) is 0. The zero-order valence-corrected chi connectivity index (χ0v) is 32.3. The number of anilines is 1. The highest BCUT2D eigenvalue weighted by atomic mass is 19.3. The maximum absolute atomic E-state index is 14.1. The van der Waals surface area contributed by atoms with Crippen LogP contribution in [-0.2, 0) is 30.3 Å². The molecule has 14 heteroatoms. The summed E-state index contributed by atoms with van der Waals surface area (Å²) >= 11 is 0. The van der Waals surface area contributed by atoms with Crippen molar-refractivity contribution in [3.63, 3.8) is 0 Å². The van der Waals surface area contributed by atoms with Crippen molar-refractivity contribution in [3.05, 3.63) is 65.7 Å². The Morgan fingerprint density at radius 1 is 0.909 bits per heavy atom. The molecule has 0 aromatic heterocycles. The Labute approximate surface area is 322 Å². The second-order valence-electron chi connectivity index (χ2n) is 15.5. The summed E-state index contributed by atoms with van der Waals surface area (Å²) in [5.41, 5.74) is 1.88. The molecule has 4 rings (SSSR count). The van der Waals surface area contributed by atoms with Crippen molar-refractivity contribution in [2.24, 2.45) is 23.7 Å². The lowest BCUT2D eigenvalue weighted by Gasteiger charge is -2.31. The van der Waals surface area contributed by atoms with Gasteiger partial charge in [0.2, 0.25) is 24.1 Å². The number of ether oxygens (including phenoxy) is 1. The van der Waals surface area contributed by atoms with Gasteiger partial charge in [-0.15, -0.1) is 0 Å². The molecule has 0 bridgehead atoms. The average molecular weight is 770 g/mol. The third-order valence-electron chi connectivity index (χ3n) is 10.4. The van der Waals surface area contributed by atoms with Gasteiger partial charge < -0.3 is 36.0 Å². The third-order valence-corrected chi connectivity index (χ3v) is 10.4. The number of halogens is 2. The van der Waals surface area contributed by atoms with E-state index in [2.05, 4.69) is 21.3 Å². The first-order chi connectivity index (χ1) is 26.2. The summed E-state index contributed by atoms with van der Waals surface area (Å²) in [6.07, 6.45) is 1.25. The average Bonchev–Trinajstić information content (AvgIpc) is 3.61. The molecular weight excluding hydrogens is 712 g/mol. The van der Waals surface area contributed by atoms with E-state index < -0.39 is 66.8 Å². The lowest BCUT2D eigenvalue weighted by Crippen LogP contribution is -2.57. The number of carbonyl (C=O) groups is 5. The van der Waals surface area contributed by atoms with Crippen LogP contribution < -0.4 is 21.3 Å². The van der Waals surface area contributed by atoms with Crippen LogP contribution in [0, 0.1) is 23.7 Å². The Bertz CT molecular complexity index is 1590. The number of alkyl carbamates (subject to hydrolysis) is 1. The van der Waals surface area contributed by atoms with E-state index >= 15 is 0 Å². The van der Waals surface area contributed by atoms with Gasteiger partial charge >= 0.3 is 12.1 Å². The van der Waals surface area contributed by atoms with Gasteiger partial charge in [0.15, 0.2) is 6.04 Å². The summed E-state index contributed by atoms with van der Waals surface area (Å²) in [6.45, 7) is 7.86. The van der Waals surface area contributed by atoms with Gasteiger partial charge in [-0.2, -0.15) is 0 Å². The summed E-state index contributed by atoms with van der Waals surface area (Å²) in [4.78, 5) is 67.5. The fourth-order valence-electron chi connectivity index (χ4n) is 7.46. The highest BCUT2D eigenvalue weighted by Crippen LogP contribution is 2.38. The van der Waals surface area contributed by atoms with Gasteiger partial charge in [-0.1, -0.05) is 102 Å². The number of nitrogens with zero attached hydrogens (tertiary/aromatic N) is 1. The summed E-state index contributed by atoms with van der Waals surface area (Å²) in [6, 6.07) is 11.2. The number of carbonyl (C=O) groups excluding carboxylic acids is 4. The topological polar surface area (TPSA) is 166 Å². The van der Waals surface area contributed by atoms with Crippen LogP contribution in [0.3, 0.4) is 0 Å². The van der Waals surface area contributed by atoms with E-state index in [-0.39, 0.29) is 37.5 Å². The molecule has 1 aliphatic heterocycles. The molecule has 2 aromatic carbocycles. The van der Waals surface area contributed by atoms with Crippen LogP contribution in [0.2, 0.25) is 0 Å². The largest absolute Gasteiger partial charge is 0.479 e. The lowest BCUT2D eigenvalue weighted by atomic mass is 9.79. The number of hydrogen-bond acceptors (Lipinski definition) is 7. The maximum Gasteiger partial charge on any atom is 0.407 e. The standard InChI is InChI=1S/C41H57F2N5O7/c1-25(2)24-55-41(54)47-35(26(3)4)39(51)48-23-30(28-13-7-5-8-14-28)21-33(48)38(50)46-32(22-34(42)43)37(49)44-19-18-27-12-11-17-31(20-27)45-36(40(52)53)29-15-9-6-10-16-29/h6,9-12,15-17,20,25-26,28,30,32-36,45H,5,7-8,13-14,18-19,21-24H2,1-4H3,(H,44,49)(H,46,50)(H,47,54)(H,52,53)/t30-,32+,33+,35+,36?/m1/s1. The second-order valence-corrected chi connectivity index (χ2v) is 15.5. The minimum absolute atomic E-state index is 0.00630. The van der Waals surface area contributed by atoms with Crippen LogP contribution in [0.1, 0.15) is 89.8 Å². The van der Waals surface area contributed by atoms with Gasteiger partial charge in [-0.05, 0) is 59.8 Å². The highest BCUT2D eigenvalue weighted by molar-refractivity contribution is 5.94. The van der Waals surface area contributed by atoms with Crippen molar-refractivity contribution < 1.29 is 42.6 Å². The van der Waals surface area contributed by atoms with Gasteiger partial charge in [0.25, 0.3) is 0 Å². The zero-order valence-electron chi connectivity index (χ0n) is 32.3. The van der Waals surface area contributed by atoms with Gasteiger partial charge in [0.1, 0.15) is 18.1 Å². The van der Waals surface area contributed by atoms with E-state index in [0.717, 1.165) is 37.7 Å². The fraction of sp³-hybridized carbons (Fsp3) is 0.585. The minimum atomic E-state index is -2.90. The number of benzene rings is 2. The number of nitrogens with one attached hydrogen (secondary N) is 4. The SMILES string of the molecule is CC(C)COC(=O)N[C@H](C(=O)N1C[C@H](C2CCCCC2)C[C@H]1C(=O)N[C@@H](CC(F)F)C(=O)NCCc1cccc(NC(C(=O)O)c2ccccc2)c1)C(C)C. The Kier molecular flexibility index (Phi) is 16.3. The molecule has 12 nitrogen and oxygen atoms in total. The van der Waals surface area contributed by atoms with Crippen LogP contribution >= 0.6 is 0 Å². The van der Waals surface area contributed by atoms with Crippen molar-refractivity contribution in [2.75, 3.05) is 25.0 Å². The molecule has 55 heavy (non-hydrogen) atoms. The molecular formula is C41H57F2N5O7. The highest BCUT2D eigenvalue weighted by Gasteiger charge is 2.45. The Hall–Kier alpha value is -4.75. The molecule has 2 fully saturated rings. The molecule has 302 valence electrons. The summed E-state index contributed by atoms with van der Waals surface area (Å²) < 4.78 is 32.9. The first kappa shape index (κ1) is 43.0. The molecule has 2 aliphatic rings. The molecule has 1 unspecified atom stereocenters. The number of rotatable bonds is 18. The monoisotopic (exact) mass is 769 g/mol. The number of aliphatic carboxylic acids is 1. The van der Waals surface area contributed by atoms with E-state index in [1.807, 2.05) is 13.8 Å². The molecule has 1 saturated heterocycles. The molecule has 2 aromatic rings. The molecule has 0 radical (unpaired) electrons. The van der Waals surface area contributed by atoms with E-state index in [0.29, 0.717) is 30.0 Å².